The second-order valence-corrected chi connectivity index (χ2v) is 10.5. The molecule has 4 aromatic carbocycles. The van der Waals surface area contributed by atoms with Gasteiger partial charge in [0.15, 0.2) is 0 Å². The molecule has 240 valence electrons. The number of carbonyl (C=O) groups is 6. The molecule has 0 aromatic heterocycles. The van der Waals surface area contributed by atoms with Gasteiger partial charge in [0.05, 0.1) is 17.5 Å². The molecule has 0 aliphatic carbocycles. The van der Waals surface area contributed by atoms with Crippen LogP contribution in [0.5, 0.6) is 0 Å². The number of hydrazine groups is 1. The van der Waals surface area contributed by atoms with E-state index in [1.165, 1.54) is 48.5 Å². The number of hydrogen-bond donors (Lipinski definition) is 4. The third-order valence-corrected chi connectivity index (χ3v) is 6.69. The summed E-state index contributed by atoms with van der Waals surface area (Å²) in [5.41, 5.74) is 6.89. The number of ether oxygens (including phenoxy) is 2. The van der Waals surface area contributed by atoms with Gasteiger partial charge in [-0.25, -0.2) is 14.4 Å². The number of aryl methyl sites for hydroxylation is 2. The fraction of sp³-hybridized carbons (Fsp3) is 0.143. The Kier molecular flexibility index (Phi) is 11.2. The van der Waals surface area contributed by atoms with Crippen LogP contribution in [0.25, 0.3) is 0 Å². The van der Waals surface area contributed by atoms with Crippen molar-refractivity contribution in [2.75, 3.05) is 5.32 Å². The van der Waals surface area contributed by atoms with E-state index < -0.39 is 41.9 Å². The number of aliphatic carboxylic acids is 1. The first-order chi connectivity index (χ1) is 22.5. The van der Waals surface area contributed by atoms with Crippen molar-refractivity contribution in [1.82, 2.24) is 10.9 Å². The second-order valence-electron chi connectivity index (χ2n) is 10.5. The predicted molar refractivity (Wildman–Crippen MR) is 169 cm³/mol. The molecule has 0 saturated heterocycles. The van der Waals surface area contributed by atoms with Gasteiger partial charge >= 0.3 is 17.9 Å². The van der Waals surface area contributed by atoms with Crippen molar-refractivity contribution in [3.05, 3.63) is 137 Å². The lowest BCUT2D eigenvalue weighted by molar-refractivity contribution is -0.159. The summed E-state index contributed by atoms with van der Waals surface area (Å²) in [6, 6.07) is 27.1. The zero-order chi connectivity index (χ0) is 33.9. The van der Waals surface area contributed by atoms with Gasteiger partial charge < -0.3 is 19.9 Å². The molecule has 0 radical (unpaired) electrons. The summed E-state index contributed by atoms with van der Waals surface area (Å²) in [6.07, 6.45) is -4.34. The van der Waals surface area contributed by atoms with Crippen LogP contribution in [0.3, 0.4) is 0 Å². The van der Waals surface area contributed by atoms with E-state index in [-0.39, 0.29) is 29.0 Å². The van der Waals surface area contributed by atoms with Gasteiger partial charge in [-0.3, -0.25) is 25.2 Å². The molecule has 0 bridgehead atoms. The highest BCUT2D eigenvalue weighted by Gasteiger charge is 2.41. The van der Waals surface area contributed by atoms with Crippen molar-refractivity contribution in [1.29, 1.82) is 0 Å². The Morgan fingerprint density at radius 1 is 0.638 bits per heavy atom. The summed E-state index contributed by atoms with van der Waals surface area (Å²) in [6.45, 7) is 3.43. The largest absolute Gasteiger partial charge is 0.478 e. The Morgan fingerprint density at radius 3 is 1.72 bits per heavy atom. The molecule has 0 aliphatic heterocycles. The summed E-state index contributed by atoms with van der Waals surface area (Å²) in [4.78, 5) is 76.4. The van der Waals surface area contributed by atoms with E-state index in [1.54, 1.807) is 38.1 Å². The Bertz CT molecular complexity index is 1790. The van der Waals surface area contributed by atoms with Crippen LogP contribution < -0.4 is 16.2 Å². The minimum Gasteiger partial charge on any atom is -0.478 e. The summed E-state index contributed by atoms with van der Waals surface area (Å²) >= 11 is 0. The normalized spacial score (nSPS) is 11.7. The van der Waals surface area contributed by atoms with E-state index >= 15 is 0 Å². The lowest BCUT2D eigenvalue weighted by atomic mass is 10.1. The van der Waals surface area contributed by atoms with Crippen LogP contribution in [0.1, 0.15) is 47.8 Å². The molecule has 2 atom stereocenters. The minimum atomic E-state index is -2.28. The maximum atomic E-state index is 13.3. The van der Waals surface area contributed by atoms with Crippen LogP contribution in [-0.2, 0) is 30.3 Å². The number of anilines is 1. The number of esters is 2. The van der Waals surface area contributed by atoms with Crippen molar-refractivity contribution < 1.29 is 43.3 Å². The van der Waals surface area contributed by atoms with E-state index in [4.69, 9.17) is 9.47 Å². The monoisotopic (exact) mass is 637 g/mol. The van der Waals surface area contributed by atoms with Crippen LogP contribution in [0.2, 0.25) is 0 Å². The van der Waals surface area contributed by atoms with Crippen LogP contribution in [-0.4, -0.2) is 52.9 Å². The molecule has 0 saturated carbocycles. The lowest BCUT2D eigenvalue weighted by Crippen LogP contribution is -2.54. The summed E-state index contributed by atoms with van der Waals surface area (Å²) in [5, 5.41) is 12.7. The maximum Gasteiger partial charge on any atom is 0.349 e. The first-order valence-electron chi connectivity index (χ1n) is 14.3. The molecular formula is C35H31N3O9. The van der Waals surface area contributed by atoms with Crippen LogP contribution >= 0.6 is 0 Å². The van der Waals surface area contributed by atoms with E-state index in [9.17, 15) is 33.9 Å². The third kappa shape index (κ3) is 9.59. The fourth-order valence-corrected chi connectivity index (χ4v) is 4.36. The van der Waals surface area contributed by atoms with Gasteiger partial charge in [-0.1, -0.05) is 65.7 Å². The number of amides is 3. The van der Waals surface area contributed by atoms with Gasteiger partial charge in [0.2, 0.25) is 18.1 Å². The highest BCUT2D eigenvalue weighted by molar-refractivity contribution is 5.99. The van der Waals surface area contributed by atoms with Crippen LogP contribution in [0, 0.1) is 13.8 Å². The quantitative estimate of drug-likeness (QED) is 0.141. The molecule has 12 heteroatoms. The Morgan fingerprint density at radius 2 is 1.19 bits per heavy atom. The number of hydrogen-bond acceptors (Lipinski definition) is 8. The molecule has 47 heavy (non-hydrogen) atoms. The zero-order valence-corrected chi connectivity index (χ0v) is 25.4. The van der Waals surface area contributed by atoms with Crippen molar-refractivity contribution in [2.24, 2.45) is 0 Å². The molecule has 0 heterocycles. The molecule has 0 spiro atoms. The van der Waals surface area contributed by atoms with Gasteiger partial charge in [0.25, 0.3) is 11.8 Å². The van der Waals surface area contributed by atoms with Gasteiger partial charge in [-0.15, -0.1) is 0 Å². The smallest absolute Gasteiger partial charge is 0.349 e. The number of benzene rings is 4. The second kappa shape index (κ2) is 15.6. The van der Waals surface area contributed by atoms with Crippen LogP contribution in [0.15, 0.2) is 103 Å². The van der Waals surface area contributed by atoms with Gasteiger partial charge in [0.1, 0.15) is 0 Å². The molecule has 0 unspecified atom stereocenters. The maximum absolute atomic E-state index is 13.3. The van der Waals surface area contributed by atoms with Gasteiger partial charge in [-0.2, -0.15) is 0 Å². The van der Waals surface area contributed by atoms with Crippen molar-refractivity contribution in [3.63, 3.8) is 0 Å². The average Bonchev–Trinajstić information content (AvgIpc) is 3.05. The molecule has 3 amide bonds. The van der Waals surface area contributed by atoms with E-state index in [1.807, 2.05) is 35.8 Å². The number of rotatable bonds is 11. The van der Waals surface area contributed by atoms with Gasteiger partial charge in [-0.05, 0) is 67.9 Å². The topological polar surface area (TPSA) is 177 Å². The molecule has 4 aromatic rings. The standard InChI is InChI=1S/C35H31N3O9/c1-21-8-6-12-25(18-21)34(44)46-29(30(33(42)43)47-35(45)26-13-7-9-22(2)19-26)32(41)38-37-31(40)24-14-16-27(17-15-24)36-28(39)20-23-10-4-3-5-11-23/h3-19,29-30H,20H2,1-2H3,(H,36,39)(H,37,40)(H,38,41)(H,42,43)/t29-,30+/m0/s1. The minimum absolute atomic E-state index is 0.00780. The molecular weight excluding hydrogens is 606 g/mol. The fourth-order valence-electron chi connectivity index (χ4n) is 4.36. The lowest BCUT2D eigenvalue weighted by Gasteiger charge is -2.23. The average molecular weight is 638 g/mol. The Hall–Kier alpha value is -6.30. The zero-order valence-electron chi connectivity index (χ0n) is 25.4. The summed E-state index contributed by atoms with van der Waals surface area (Å²) < 4.78 is 10.4. The Labute approximate surface area is 269 Å². The third-order valence-electron chi connectivity index (χ3n) is 6.69. The number of nitrogens with one attached hydrogen (secondary N) is 3. The molecule has 4 rings (SSSR count). The van der Waals surface area contributed by atoms with E-state index in [0.717, 1.165) is 5.56 Å². The van der Waals surface area contributed by atoms with E-state index in [2.05, 4.69) is 10.7 Å². The van der Waals surface area contributed by atoms with Crippen molar-refractivity contribution in [2.45, 2.75) is 32.5 Å². The molecule has 0 aliphatic rings. The summed E-state index contributed by atoms with van der Waals surface area (Å²) in [7, 11) is 0. The number of carbonyl (C=O) groups excluding carboxylic acids is 5. The first kappa shape index (κ1) is 33.6. The SMILES string of the molecule is Cc1cccc(C(=O)O[C@H](C(=O)NNC(=O)c2ccc(NC(=O)Cc3ccccc3)cc2)[C@@H](OC(=O)c2cccc(C)c2)C(=O)O)c1. The highest BCUT2D eigenvalue weighted by atomic mass is 16.6. The summed E-state index contributed by atoms with van der Waals surface area (Å²) in [5.74, 6) is -6.28. The Balaban J connectivity index is 1.46. The predicted octanol–water partition coefficient (Wildman–Crippen LogP) is 3.78. The number of carboxylic acid groups (broad SMARTS) is 1. The molecule has 0 fully saturated rings. The van der Waals surface area contributed by atoms with E-state index in [0.29, 0.717) is 16.8 Å². The van der Waals surface area contributed by atoms with Gasteiger partial charge in [0, 0.05) is 11.3 Å². The van der Waals surface area contributed by atoms with Crippen molar-refractivity contribution in [3.8, 4) is 0 Å². The molecule has 4 N–H and O–H groups in total. The number of carboxylic acids is 1. The molecule has 12 nitrogen and oxygen atoms in total. The van der Waals surface area contributed by atoms with Crippen LogP contribution in [0.4, 0.5) is 5.69 Å². The highest BCUT2D eigenvalue weighted by Crippen LogP contribution is 2.16. The van der Waals surface area contributed by atoms with Crippen molar-refractivity contribution >= 4 is 41.3 Å². The first-order valence-corrected chi connectivity index (χ1v) is 14.3.